The Morgan fingerprint density at radius 2 is 1.76 bits per heavy atom. The van der Waals surface area contributed by atoms with Gasteiger partial charge in [0, 0.05) is 11.1 Å². The molecule has 1 nitrogen and oxygen atoms in total. The minimum atomic E-state index is -4.68. The molecule has 109 valence electrons. The lowest BCUT2D eigenvalue weighted by atomic mass is 9.97. The first-order valence-corrected chi connectivity index (χ1v) is 6.11. The number of benzene rings is 2. The van der Waals surface area contributed by atoms with Crippen molar-refractivity contribution in [3.05, 3.63) is 76.4 Å². The predicted molar refractivity (Wildman–Crippen MR) is 70.7 cm³/mol. The number of rotatable bonds is 2. The van der Waals surface area contributed by atoms with Crippen LogP contribution in [0.2, 0.25) is 5.02 Å². The molecule has 0 aromatic heterocycles. The highest BCUT2D eigenvalue weighted by molar-refractivity contribution is 6.35. The highest BCUT2D eigenvalue weighted by atomic mass is 35.5. The normalized spacial score (nSPS) is 11.5. The van der Waals surface area contributed by atoms with Crippen LogP contribution in [0.4, 0.5) is 17.6 Å². The maximum atomic E-state index is 13.2. The van der Waals surface area contributed by atoms with Crippen molar-refractivity contribution in [2.24, 2.45) is 0 Å². The fraction of sp³-hybridized carbons (Fsp3) is 0.0667. The van der Waals surface area contributed by atoms with Gasteiger partial charge >= 0.3 is 6.18 Å². The first-order valence-electron chi connectivity index (χ1n) is 5.73. The Balaban J connectivity index is 2.57. The summed E-state index contributed by atoms with van der Waals surface area (Å²) in [7, 11) is 0. The van der Waals surface area contributed by atoms with Gasteiger partial charge in [0.05, 0.1) is 10.6 Å². The number of ketones is 1. The molecule has 21 heavy (non-hydrogen) atoms. The zero-order chi connectivity index (χ0) is 15.8. The second kappa shape index (κ2) is 5.48. The maximum absolute atomic E-state index is 13.2. The van der Waals surface area contributed by atoms with Crippen molar-refractivity contribution in [3.8, 4) is 0 Å². The number of hydrogen-bond acceptors (Lipinski definition) is 1. The molecule has 2 rings (SSSR count). The summed E-state index contributed by atoms with van der Waals surface area (Å²) in [5.41, 5.74) is -1.38. The number of carbonyl (C=O) groups is 1. The SMILES string of the molecule is [CH2]c1ccc(F)cc1C(=O)c1cccc(C(F)(F)F)c1Cl. The van der Waals surface area contributed by atoms with Crippen LogP contribution in [0, 0.1) is 12.7 Å². The van der Waals surface area contributed by atoms with Crippen LogP contribution in [-0.2, 0) is 6.18 Å². The van der Waals surface area contributed by atoms with E-state index in [-0.39, 0.29) is 16.7 Å². The lowest BCUT2D eigenvalue weighted by Gasteiger charge is -2.12. The van der Waals surface area contributed by atoms with Crippen LogP contribution < -0.4 is 0 Å². The molecule has 0 spiro atoms. The third-order valence-electron chi connectivity index (χ3n) is 2.87. The molecule has 0 heterocycles. The van der Waals surface area contributed by atoms with E-state index in [2.05, 4.69) is 6.92 Å². The van der Waals surface area contributed by atoms with Gasteiger partial charge in [-0.3, -0.25) is 4.79 Å². The summed E-state index contributed by atoms with van der Waals surface area (Å²) in [6.45, 7) is 3.56. The molecule has 0 saturated carbocycles. The summed E-state index contributed by atoms with van der Waals surface area (Å²) in [4.78, 5) is 12.3. The molecular weight excluding hydrogens is 308 g/mol. The van der Waals surface area contributed by atoms with Gasteiger partial charge in [-0.05, 0) is 36.8 Å². The summed E-state index contributed by atoms with van der Waals surface area (Å²) >= 11 is 5.68. The smallest absolute Gasteiger partial charge is 0.289 e. The average Bonchev–Trinajstić information content (AvgIpc) is 2.39. The molecule has 0 amide bonds. The average molecular weight is 316 g/mol. The van der Waals surface area contributed by atoms with Gasteiger partial charge in [0.15, 0.2) is 5.78 Å². The molecule has 0 bridgehead atoms. The summed E-state index contributed by atoms with van der Waals surface area (Å²) in [6.07, 6.45) is -4.68. The third-order valence-corrected chi connectivity index (χ3v) is 3.27. The summed E-state index contributed by atoms with van der Waals surface area (Å²) in [5.74, 6) is -1.50. The van der Waals surface area contributed by atoms with Gasteiger partial charge < -0.3 is 0 Å². The van der Waals surface area contributed by atoms with Crippen LogP contribution in [-0.4, -0.2) is 5.78 Å². The molecule has 6 heteroatoms. The van der Waals surface area contributed by atoms with Crippen molar-refractivity contribution in [2.75, 3.05) is 0 Å². The molecule has 1 radical (unpaired) electrons. The highest BCUT2D eigenvalue weighted by Gasteiger charge is 2.34. The number of hydrogen-bond donors (Lipinski definition) is 0. The summed E-state index contributed by atoms with van der Waals surface area (Å²) < 4.78 is 51.5. The third kappa shape index (κ3) is 3.08. The molecule has 0 aliphatic carbocycles. The van der Waals surface area contributed by atoms with E-state index in [0.29, 0.717) is 0 Å². The zero-order valence-corrected chi connectivity index (χ0v) is 11.2. The van der Waals surface area contributed by atoms with Crippen molar-refractivity contribution in [1.29, 1.82) is 0 Å². The van der Waals surface area contributed by atoms with E-state index in [1.807, 2.05) is 0 Å². The molecule has 0 aliphatic rings. The Hall–Kier alpha value is -1.88. The van der Waals surface area contributed by atoms with Crippen LogP contribution in [0.25, 0.3) is 0 Å². The van der Waals surface area contributed by atoms with Crippen molar-refractivity contribution >= 4 is 17.4 Å². The van der Waals surface area contributed by atoms with Gasteiger partial charge in [-0.1, -0.05) is 23.7 Å². The monoisotopic (exact) mass is 315 g/mol. The van der Waals surface area contributed by atoms with Crippen LogP contribution in [0.5, 0.6) is 0 Å². The van der Waals surface area contributed by atoms with Crippen LogP contribution in [0.1, 0.15) is 27.0 Å². The van der Waals surface area contributed by atoms with Crippen molar-refractivity contribution in [1.82, 2.24) is 0 Å². The summed E-state index contributed by atoms with van der Waals surface area (Å²) in [5, 5.41) is -0.710. The molecule has 0 fully saturated rings. The van der Waals surface area contributed by atoms with Gasteiger partial charge in [0.1, 0.15) is 5.82 Å². The van der Waals surface area contributed by atoms with E-state index in [9.17, 15) is 22.4 Å². The molecule has 0 atom stereocenters. The second-order valence-corrected chi connectivity index (χ2v) is 4.67. The van der Waals surface area contributed by atoms with Crippen molar-refractivity contribution in [2.45, 2.75) is 6.18 Å². The Bertz CT molecular complexity index is 707. The van der Waals surface area contributed by atoms with Gasteiger partial charge in [0.2, 0.25) is 0 Å². The minimum absolute atomic E-state index is 0.128. The largest absolute Gasteiger partial charge is 0.417 e. The molecule has 2 aromatic rings. The van der Waals surface area contributed by atoms with Crippen LogP contribution in [0.3, 0.4) is 0 Å². The summed E-state index contributed by atoms with van der Waals surface area (Å²) in [6, 6.07) is 6.29. The fourth-order valence-corrected chi connectivity index (χ4v) is 2.15. The fourth-order valence-electron chi connectivity index (χ4n) is 1.83. The quantitative estimate of drug-likeness (QED) is 0.568. The first kappa shape index (κ1) is 15.5. The standard InChI is InChI=1S/C15H8ClF4O/c1-8-5-6-9(17)7-11(8)14(21)10-3-2-4-12(13(10)16)15(18,19)20/h2-7H,1H2. The van der Waals surface area contributed by atoms with Crippen molar-refractivity contribution in [3.63, 3.8) is 0 Å². The molecule has 0 saturated heterocycles. The number of carbonyl (C=O) groups excluding carboxylic acids is 1. The van der Waals surface area contributed by atoms with E-state index in [1.165, 1.54) is 6.07 Å². The molecule has 0 aliphatic heterocycles. The Morgan fingerprint density at radius 3 is 2.38 bits per heavy atom. The second-order valence-electron chi connectivity index (χ2n) is 4.30. The van der Waals surface area contributed by atoms with Gasteiger partial charge in [-0.2, -0.15) is 13.2 Å². The van der Waals surface area contributed by atoms with Crippen molar-refractivity contribution < 1.29 is 22.4 Å². The predicted octanol–water partition coefficient (Wildman–Crippen LogP) is 4.91. The van der Waals surface area contributed by atoms with E-state index in [0.717, 1.165) is 30.3 Å². The van der Waals surface area contributed by atoms with E-state index in [4.69, 9.17) is 11.6 Å². The van der Waals surface area contributed by atoms with E-state index >= 15 is 0 Å². The zero-order valence-electron chi connectivity index (χ0n) is 10.5. The Kier molecular flexibility index (Phi) is 4.05. The first-order chi connectivity index (χ1) is 9.71. The molecule has 2 aromatic carbocycles. The number of halogens is 5. The molecular formula is C15H8ClF4O. The van der Waals surface area contributed by atoms with Gasteiger partial charge in [-0.15, -0.1) is 0 Å². The van der Waals surface area contributed by atoms with E-state index < -0.39 is 28.4 Å². The van der Waals surface area contributed by atoms with Gasteiger partial charge in [0.25, 0.3) is 0 Å². The number of alkyl halides is 3. The minimum Gasteiger partial charge on any atom is -0.289 e. The van der Waals surface area contributed by atoms with Crippen LogP contribution in [0.15, 0.2) is 36.4 Å². The van der Waals surface area contributed by atoms with Crippen LogP contribution >= 0.6 is 11.6 Å². The lowest BCUT2D eigenvalue weighted by Crippen LogP contribution is -2.11. The lowest BCUT2D eigenvalue weighted by molar-refractivity contribution is -0.137. The molecule has 0 N–H and O–H groups in total. The van der Waals surface area contributed by atoms with Gasteiger partial charge in [-0.25, -0.2) is 4.39 Å². The Labute approximate surface area is 123 Å². The Morgan fingerprint density at radius 1 is 1.10 bits per heavy atom. The highest BCUT2D eigenvalue weighted by Crippen LogP contribution is 2.37. The maximum Gasteiger partial charge on any atom is 0.417 e. The topological polar surface area (TPSA) is 17.1 Å². The van der Waals surface area contributed by atoms with E-state index in [1.54, 1.807) is 0 Å². The molecule has 0 unspecified atom stereocenters.